The van der Waals surface area contributed by atoms with Crippen LogP contribution >= 0.6 is 11.8 Å². The third-order valence-electron chi connectivity index (χ3n) is 7.50. The van der Waals surface area contributed by atoms with Crippen LogP contribution in [0.1, 0.15) is 60.2 Å². The van der Waals surface area contributed by atoms with Crippen molar-refractivity contribution >= 4 is 28.8 Å². The van der Waals surface area contributed by atoms with Gasteiger partial charge in [-0.15, -0.1) is 0 Å². The molecule has 0 spiro atoms. The van der Waals surface area contributed by atoms with Crippen LogP contribution in [0, 0.1) is 18.8 Å². The minimum atomic E-state index is 0.0247. The van der Waals surface area contributed by atoms with Crippen LogP contribution in [0.2, 0.25) is 0 Å². The Morgan fingerprint density at radius 2 is 1.89 bits per heavy atom. The second kappa shape index (κ2) is 10.9. The van der Waals surface area contributed by atoms with Crippen LogP contribution in [0.5, 0.6) is 0 Å². The van der Waals surface area contributed by atoms with Gasteiger partial charge in [0.15, 0.2) is 10.8 Å². The Labute approximate surface area is 217 Å². The number of nitrogens with zero attached hydrogens (tertiary/aromatic N) is 3. The fraction of sp³-hybridized carbons (Fsp3) is 0.367. The Kier molecular flexibility index (Phi) is 7.42. The van der Waals surface area contributed by atoms with Crippen LogP contribution in [0.3, 0.4) is 0 Å². The van der Waals surface area contributed by atoms with E-state index in [2.05, 4.69) is 59.9 Å². The molecule has 1 amide bonds. The smallest absolute Gasteiger partial charge is 0.251 e. The first-order valence-corrected chi connectivity index (χ1v) is 13.9. The maximum Gasteiger partial charge on any atom is 0.251 e. The summed E-state index contributed by atoms with van der Waals surface area (Å²) in [4.78, 5) is 22.4. The SMILES string of the molecule is Cc1cccc(CSc2nc3cccnc3n2Cc2ccc(C(=O)N[C@@H]3CCC[C@@H](C)[C@@H]3C)cc2)c1. The molecule has 0 unspecified atom stereocenters. The first kappa shape index (κ1) is 24.6. The number of benzene rings is 2. The lowest BCUT2D eigenvalue weighted by Crippen LogP contribution is -2.43. The molecule has 1 N–H and O–H groups in total. The second-order valence-corrected chi connectivity index (χ2v) is 11.1. The molecule has 36 heavy (non-hydrogen) atoms. The van der Waals surface area contributed by atoms with Crippen LogP contribution in [-0.2, 0) is 12.3 Å². The predicted molar refractivity (Wildman–Crippen MR) is 147 cm³/mol. The van der Waals surface area contributed by atoms with Crippen LogP contribution in [0.4, 0.5) is 0 Å². The number of carbonyl (C=O) groups excluding carboxylic acids is 1. The normalized spacial score (nSPS) is 19.9. The van der Waals surface area contributed by atoms with Crippen molar-refractivity contribution in [3.8, 4) is 0 Å². The molecule has 6 heteroatoms. The molecule has 1 aliphatic rings. The lowest BCUT2D eigenvalue weighted by Gasteiger charge is -2.34. The van der Waals surface area contributed by atoms with E-state index in [9.17, 15) is 4.79 Å². The van der Waals surface area contributed by atoms with E-state index in [1.807, 2.05) is 42.6 Å². The highest BCUT2D eigenvalue weighted by Gasteiger charge is 2.28. The average molecular weight is 499 g/mol. The van der Waals surface area contributed by atoms with E-state index in [4.69, 9.17) is 4.98 Å². The summed E-state index contributed by atoms with van der Waals surface area (Å²) < 4.78 is 2.18. The summed E-state index contributed by atoms with van der Waals surface area (Å²) in [6.07, 6.45) is 5.33. The van der Waals surface area contributed by atoms with Crippen molar-refractivity contribution < 1.29 is 4.79 Å². The number of fused-ring (bicyclic) bond motifs is 1. The molecule has 1 aliphatic carbocycles. The zero-order valence-corrected chi connectivity index (χ0v) is 22.1. The highest BCUT2D eigenvalue weighted by Crippen LogP contribution is 2.30. The number of hydrogen-bond donors (Lipinski definition) is 1. The number of imidazole rings is 1. The maximum absolute atomic E-state index is 12.9. The van der Waals surface area contributed by atoms with Crippen molar-refractivity contribution in [2.45, 2.75) is 63.5 Å². The lowest BCUT2D eigenvalue weighted by molar-refractivity contribution is 0.0891. The van der Waals surface area contributed by atoms with Gasteiger partial charge in [-0.05, 0) is 60.6 Å². The van der Waals surface area contributed by atoms with Crippen molar-refractivity contribution in [3.63, 3.8) is 0 Å². The van der Waals surface area contributed by atoms with Gasteiger partial charge in [-0.1, -0.05) is 80.4 Å². The number of aromatic nitrogens is 3. The van der Waals surface area contributed by atoms with Crippen LogP contribution < -0.4 is 5.32 Å². The van der Waals surface area contributed by atoms with Gasteiger partial charge >= 0.3 is 0 Å². The summed E-state index contributed by atoms with van der Waals surface area (Å²) in [5, 5.41) is 4.23. The molecule has 0 aliphatic heterocycles. The topological polar surface area (TPSA) is 59.8 Å². The number of thioether (sulfide) groups is 1. The molecule has 1 saturated carbocycles. The summed E-state index contributed by atoms with van der Waals surface area (Å²) in [6.45, 7) is 7.33. The van der Waals surface area contributed by atoms with E-state index >= 15 is 0 Å². The fourth-order valence-corrected chi connectivity index (χ4v) is 6.07. The first-order valence-electron chi connectivity index (χ1n) is 12.9. The average Bonchev–Trinajstić information content (AvgIpc) is 3.23. The molecule has 2 aromatic heterocycles. The quantitative estimate of drug-likeness (QED) is 0.290. The second-order valence-electron chi connectivity index (χ2n) is 10.1. The van der Waals surface area contributed by atoms with E-state index in [1.165, 1.54) is 24.0 Å². The minimum Gasteiger partial charge on any atom is -0.349 e. The third-order valence-corrected chi connectivity index (χ3v) is 8.55. The summed E-state index contributed by atoms with van der Waals surface area (Å²) >= 11 is 1.73. The molecule has 0 bridgehead atoms. The number of amides is 1. The first-order chi connectivity index (χ1) is 17.5. The fourth-order valence-electron chi connectivity index (χ4n) is 5.12. The van der Waals surface area contributed by atoms with Crippen molar-refractivity contribution in [2.75, 3.05) is 0 Å². The van der Waals surface area contributed by atoms with Crippen LogP contribution in [0.25, 0.3) is 11.2 Å². The van der Waals surface area contributed by atoms with Crippen LogP contribution in [-0.4, -0.2) is 26.5 Å². The van der Waals surface area contributed by atoms with Gasteiger partial charge in [0.2, 0.25) is 0 Å². The predicted octanol–water partition coefficient (Wildman–Crippen LogP) is 6.63. The molecule has 4 aromatic rings. The van der Waals surface area contributed by atoms with Crippen LogP contribution in [0.15, 0.2) is 72.0 Å². The van der Waals surface area contributed by atoms with Crippen molar-refractivity contribution in [1.29, 1.82) is 0 Å². The maximum atomic E-state index is 12.9. The van der Waals surface area contributed by atoms with E-state index in [0.717, 1.165) is 34.1 Å². The molecule has 0 saturated heterocycles. The molecule has 3 atom stereocenters. The standard InChI is InChI=1S/C30H34N4OS/c1-20-7-4-9-24(17-20)19-36-30-33-27-11-6-16-31-28(27)34(30)18-23-12-14-25(15-13-23)29(35)32-26-10-5-8-21(2)22(26)3/h4,6-7,9,11-17,21-22,26H,5,8,10,18-19H2,1-3H3,(H,32,35)/t21-,22+,26-/m1/s1. The number of aryl methyl sites for hydroxylation is 1. The third kappa shape index (κ3) is 5.49. The lowest BCUT2D eigenvalue weighted by atomic mass is 9.78. The van der Waals surface area contributed by atoms with Crippen molar-refractivity contribution in [3.05, 3.63) is 89.1 Å². The Morgan fingerprint density at radius 3 is 2.69 bits per heavy atom. The molecular weight excluding hydrogens is 464 g/mol. The highest BCUT2D eigenvalue weighted by atomic mass is 32.2. The Bertz CT molecular complexity index is 1350. The van der Waals surface area contributed by atoms with E-state index in [1.54, 1.807) is 11.8 Å². The molecular formula is C30H34N4OS. The molecule has 5 nitrogen and oxygen atoms in total. The number of carbonyl (C=O) groups is 1. The van der Waals surface area contributed by atoms with Gasteiger partial charge in [0.25, 0.3) is 5.91 Å². The van der Waals surface area contributed by atoms with Gasteiger partial charge in [0, 0.05) is 23.6 Å². The Hall–Kier alpha value is -3.12. The summed E-state index contributed by atoms with van der Waals surface area (Å²) in [5.74, 6) is 2.04. The number of hydrogen-bond acceptors (Lipinski definition) is 4. The highest BCUT2D eigenvalue weighted by molar-refractivity contribution is 7.98. The Morgan fingerprint density at radius 1 is 1.06 bits per heavy atom. The van der Waals surface area contributed by atoms with E-state index in [0.29, 0.717) is 23.9 Å². The zero-order valence-electron chi connectivity index (χ0n) is 21.3. The largest absolute Gasteiger partial charge is 0.349 e. The molecule has 0 radical (unpaired) electrons. The molecule has 186 valence electrons. The number of pyridine rings is 1. The van der Waals surface area contributed by atoms with Gasteiger partial charge in [-0.2, -0.15) is 0 Å². The van der Waals surface area contributed by atoms with Gasteiger partial charge in [0.1, 0.15) is 5.52 Å². The van der Waals surface area contributed by atoms with E-state index in [-0.39, 0.29) is 11.9 Å². The Balaban J connectivity index is 1.31. The molecule has 2 aromatic carbocycles. The molecule has 2 heterocycles. The van der Waals surface area contributed by atoms with Crippen molar-refractivity contribution in [2.24, 2.45) is 11.8 Å². The van der Waals surface area contributed by atoms with Gasteiger partial charge in [0.05, 0.1) is 6.54 Å². The summed E-state index contributed by atoms with van der Waals surface area (Å²) in [6, 6.07) is 20.8. The minimum absolute atomic E-state index is 0.0247. The molecule has 5 rings (SSSR count). The number of nitrogens with one attached hydrogen (secondary N) is 1. The van der Waals surface area contributed by atoms with Crippen molar-refractivity contribution in [1.82, 2.24) is 19.9 Å². The molecule has 1 fully saturated rings. The van der Waals surface area contributed by atoms with Gasteiger partial charge < -0.3 is 5.32 Å². The van der Waals surface area contributed by atoms with E-state index < -0.39 is 0 Å². The summed E-state index contributed by atoms with van der Waals surface area (Å²) in [5.41, 5.74) is 6.16. The monoisotopic (exact) mass is 498 g/mol. The number of rotatable bonds is 7. The van der Waals surface area contributed by atoms with Gasteiger partial charge in [-0.3, -0.25) is 9.36 Å². The summed E-state index contributed by atoms with van der Waals surface area (Å²) in [7, 11) is 0. The zero-order chi connectivity index (χ0) is 25.1. The van der Waals surface area contributed by atoms with Gasteiger partial charge in [-0.25, -0.2) is 9.97 Å².